The van der Waals surface area contributed by atoms with E-state index in [0.29, 0.717) is 24.1 Å². The fraction of sp³-hybridized carbons (Fsp3) is 0.632. The Balaban J connectivity index is 1.39. The number of piperidine rings is 1. The molecule has 0 aromatic carbocycles. The third-order valence-electron chi connectivity index (χ3n) is 5.23. The van der Waals surface area contributed by atoms with Gasteiger partial charge in [-0.1, -0.05) is 6.92 Å². The van der Waals surface area contributed by atoms with E-state index in [2.05, 4.69) is 17.1 Å². The molecule has 2 fully saturated rings. The summed E-state index contributed by atoms with van der Waals surface area (Å²) in [6.07, 6.45) is 7.36. The van der Waals surface area contributed by atoms with E-state index in [-0.39, 0.29) is 17.7 Å². The van der Waals surface area contributed by atoms with Crippen LogP contribution in [0.3, 0.4) is 0 Å². The van der Waals surface area contributed by atoms with Gasteiger partial charge in [-0.05, 0) is 43.4 Å². The van der Waals surface area contributed by atoms with Gasteiger partial charge in [0.25, 0.3) is 0 Å². The Morgan fingerprint density at radius 3 is 2.65 bits per heavy atom. The van der Waals surface area contributed by atoms with Gasteiger partial charge < -0.3 is 14.6 Å². The summed E-state index contributed by atoms with van der Waals surface area (Å²) in [7, 11) is -2.92. The highest BCUT2D eigenvalue weighted by atomic mass is 32.2. The van der Waals surface area contributed by atoms with Crippen molar-refractivity contribution in [3.63, 3.8) is 0 Å². The fourth-order valence-corrected chi connectivity index (χ4v) is 3.97. The molecular formula is C19H28N2O4S. The summed E-state index contributed by atoms with van der Waals surface area (Å²) < 4.78 is 28.2. The molecular weight excluding hydrogens is 352 g/mol. The molecule has 2 aliphatic rings. The van der Waals surface area contributed by atoms with Crippen molar-refractivity contribution in [2.75, 3.05) is 31.6 Å². The SMILES string of the molecule is CC1CC1c1ccc(/C=C/C(=O)NC2CCN(CCS(C)(=O)=O)CC2)o1. The van der Waals surface area contributed by atoms with Crippen LogP contribution in [-0.2, 0) is 14.6 Å². The van der Waals surface area contributed by atoms with E-state index >= 15 is 0 Å². The first-order valence-electron chi connectivity index (χ1n) is 9.28. The minimum absolute atomic E-state index is 0.114. The van der Waals surface area contributed by atoms with Gasteiger partial charge >= 0.3 is 0 Å². The lowest BCUT2D eigenvalue weighted by molar-refractivity contribution is -0.117. The number of amides is 1. The van der Waals surface area contributed by atoms with Crippen molar-refractivity contribution in [1.29, 1.82) is 0 Å². The van der Waals surface area contributed by atoms with Gasteiger partial charge in [-0.15, -0.1) is 0 Å². The van der Waals surface area contributed by atoms with Crippen molar-refractivity contribution < 1.29 is 17.6 Å². The van der Waals surface area contributed by atoms with Gasteiger partial charge in [0.2, 0.25) is 5.91 Å². The first-order chi connectivity index (χ1) is 12.3. The van der Waals surface area contributed by atoms with Crippen LogP contribution in [0.15, 0.2) is 22.6 Å². The second kappa shape index (κ2) is 7.96. The monoisotopic (exact) mass is 380 g/mol. The third kappa shape index (κ3) is 5.71. The second-order valence-electron chi connectivity index (χ2n) is 7.65. The van der Waals surface area contributed by atoms with E-state index in [0.717, 1.165) is 31.7 Å². The highest BCUT2D eigenvalue weighted by Gasteiger charge is 2.36. The first-order valence-corrected chi connectivity index (χ1v) is 11.3. The molecule has 2 atom stereocenters. The number of carbonyl (C=O) groups is 1. The molecule has 1 aromatic heterocycles. The number of nitrogens with zero attached hydrogens (tertiary/aromatic N) is 1. The largest absolute Gasteiger partial charge is 0.461 e. The van der Waals surface area contributed by atoms with Crippen LogP contribution in [0.5, 0.6) is 0 Å². The van der Waals surface area contributed by atoms with E-state index in [1.807, 2.05) is 12.1 Å². The number of carbonyl (C=O) groups excluding carboxylic acids is 1. The molecule has 26 heavy (non-hydrogen) atoms. The van der Waals surface area contributed by atoms with Crippen molar-refractivity contribution in [3.05, 3.63) is 29.7 Å². The zero-order chi connectivity index (χ0) is 18.7. The molecule has 0 bridgehead atoms. The van der Waals surface area contributed by atoms with Crippen LogP contribution < -0.4 is 5.32 Å². The van der Waals surface area contributed by atoms with Crippen LogP contribution in [0.25, 0.3) is 6.08 Å². The van der Waals surface area contributed by atoms with Gasteiger partial charge in [0.15, 0.2) is 0 Å². The Morgan fingerprint density at radius 1 is 1.35 bits per heavy atom. The maximum atomic E-state index is 12.1. The number of likely N-dealkylation sites (tertiary alicyclic amines) is 1. The van der Waals surface area contributed by atoms with Gasteiger partial charge in [-0.2, -0.15) is 0 Å². The quantitative estimate of drug-likeness (QED) is 0.732. The van der Waals surface area contributed by atoms with Gasteiger partial charge in [-0.3, -0.25) is 4.79 Å². The molecule has 1 saturated carbocycles. The molecule has 1 amide bonds. The number of nitrogens with one attached hydrogen (secondary N) is 1. The minimum Gasteiger partial charge on any atom is -0.461 e. The Bertz CT molecular complexity index is 760. The topological polar surface area (TPSA) is 79.6 Å². The molecule has 7 heteroatoms. The van der Waals surface area contributed by atoms with Crippen LogP contribution >= 0.6 is 0 Å². The van der Waals surface area contributed by atoms with E-state index in [1.165, 1.54) is 18.8 Å². The van der Waals surface area contributed by atoms with Crippen molar-refractivity contribution >= 4 is 21.8 Å². The Kier molecular flexibility index (Phi) is 5.87. The van der Waals surface area contributed by atoms with E-state index in [1.54, 1.807) is 6.08 Å². The maximum absolute atomic E-state index is 12.1. The van der Waals surface area contributed by atoms with Crippen molar-refractivity contribution in [2.45, 2.75) is 38.1 Å². The molecule has 1 aromatic rings. The summed E-state index contributed by atoms with van der Waals surface area (Å²) in [5, 5.41) is 3.02. The molecule has 1 aliphatic carbocycles. The number of sulfone groups is 1. The lowest BCUT2D eigenvalue weighted by Gasteiger charge is -2.31. The first kappa shape index (κ1) is 19.2. The average Bonchev–Trinajstić information content (AvgIpc) is 3.13. The van der Waals surface area contributed by atoms with E-state index in [4.69, 9.17) is 4.42 Å². The van der Waals surface area contributed by atoms with Gasteiger partial charge in [0.1, 0.15) is 21.4 Å². The predicted molar refractivity (Wildman–Crippen MR) is 102 cm³/mol. The van der Waals surface area contributed by atoms with Crippen LogP contribution in [0.4, 0.5) is 0 Å². The predicted octanol–water partition coefficient (Wildman–Crippen LogP) is 2.04. The minimum atomic E-state index is -2.92. The second-order valence-corrected chi connectivity index (χ2v) is 9.91. The number of furan rings is 1. The number of hydrogen-bond acceptors (Lipinski definition) is 5. The van der Waals surface area contributed by atoms with Crippen molar-refractivity contribution in [3.8, 4) is 0 Å². The van der Waals surface area contributed by atoms with Crippen LogP contribution in [0.1, 0.15) is 43.6 Å². The Morgan fingerprint density at radius 2 is 2.04 bits per heavy atom. The lowest BCUT2D eigenvalue weighted by Crippen LogP contribution is -2.45. The fourth-order valence-electron chi connectivity index (χ4n) is 3.38. The van der Waals surface area contributed by atoms with E-state index in [9.17, 15) is 13.2 Å². The van der Waals surface area contributed by atoms with Crippen LogP contribution in [0, 0.1) is 5.92 Å². The summed E-state index contributed by atoms with van der Waals surface area (Å²) in [5.41, 5.74) is 0. The average molecular weight is 381 g/mol. The summed E-state index contributed by atoms with van der Waals surface area (Å²) in [4.78, 5) is 14.2. The van der Waals surface area contributed by atoms with Gasteiger partial charge in [0, 0.05) is 43.9 Å². The summed E-state index contributed by atoms with van der Waals surface area (Å²) in [6, 6.07) is 4.05. The number of rotatable bonds is 7. The van der Waals surface area contributed by atoms with Crippen molar-refractivity contribution in [1.82, 2.24) is 10.2 Å². The van der Waals surface area contributed by atoms with Crippen LogP contribution in [0.2, 0.25) is 0 Å². The molecule has 0 radical (unpaired) electrons. The zero-order valence-corrected chi connectivity index (χ0v) is 16.3. The zero-order valence-electron chi connectivity index (χ0n) is 15.5. The Hall–Kier alpha value is -1.60. The number of hydrogen-bond donors (Lipinski definition) is 1. The third-order valence-corrected chi connectivity index (χ3v) is 6.16. The Labute approximate surface area is 155 Å². The molecule has 6 nitrogen and oxygen atoms in total. The highest BCUT2D eigenvalue weighted by molar-refractivity contribution is 7.90. The molecule has 1 saturated heterocycles. The molecule has 3 rings (SSSR count). The lowest BCUT2D eigenvalue weighted by atomic mass is 10.1. The standard InChI is InChI=1S/C19H28N2O4S/c1-14-13-17(14)18-5-3-16(25-18)4-6-19(22)20-15-7-9-21(10-8-15)11-12-26(2,23)24/h3-6,14-15,17H,7-13H2,1-2H3,(H,20,22)/b6-4+. The summed E-state index contributed by atoms with van der Waals surface area (Å²) >= 11 is 0. The van der Waals surface area contributed by atoms with Crippen LogP contribution in [-0.4, -0.2) is 56.9 Å². The summed E-state index contributed by atoms with van der Waals surface area (Å²) in [5.74, 6) is 3.04. The van der Waals surface area contributed by atoms with Crippen molar-refractivity contribution in [2.24, 2.45) is 5.92 Å². The molecule has 144 valence electrons. The molecule has 1 aliphatic heterocycles. The molecule has 0 spiro atoms. The van der Waals surface area contributed by atoms with Gasteiger partial charge in [0.05, 0.1) is 5.75 Å². The summed E-state index contributed by atoms with van der Waals surface area (Å²) in [6.45, 7) is 4.40. The molecule has 2 unspecified atom stereocenters. The molecule has 1 N–H and O–H groups in total. The maximum Gasteiger partial charge on any atom is 0.244 e. The van der Waals surface area contributed by atoms with Gasteiger partial charge in [-0.25, -0.2) is 8.42 Å². The molecule has 2 heterocycles. The highest BCUT2D eigenvalue weighted by Crippen LogP contribution is 2.47. The smallest absolute Gasteiger partial charge is 0.244 e. The van der Waals surface area contributed by atoms with E-state index < -0.39 is 9.84 Å². The normalized spacial score (nSPS) is 24.8.